The van der Waals surface area contributed by atoms with Gasteiger partial charge in [-0.3, -0.25) is 9.10 Å². The summed E-state index contributed by atoms with van der Waals surface area (Å²) in [6, 6.07) is 7.00. The average molecular weight is 363 g/mol. The maximum atomic E-state index is 12.3. The second-order valence-corrected chi connectivity index (χ2v) is 8.26. The highest BCUT2D eigenvalue weighted by Crippen LogP contribution is 2.29. The van der Waals surface area contributed by atoms with E-state index in [0.29, 0.717) is 35.8 Å². The van der Waals surface area contributed by atoms with Gasteiger partial charge in [-0.25, -0.2) is 8.42 Å². The zero-order valence-electron chi connectivity index (χ0n) is 14.3. The van der Waals surface area contributed by atoms with Gasteiger partial charge in [-0.15, -0.1) is 0 Å². The highest BCUT2D eigenvalue weighted by atomic mass is 32.2. The molecule has 7 nitrogen and oxygen atoms in total. The number of carbonyl (C=O) groups excluding carboxylic acids is 1. The van der Waals surface area contributed by atoms with Gasteiger partial charge >= 0.3 is 0 Å². The van der Waals surface area contributed by atoms with E-state index >= 15 is 0 Å². The third kappa shape index (κ3) is 4.01. The molecule has 0 atom stereocenters. The Balaban J connectivity index is 1.78. The molecule has 1 aliphatic heterocycles. The largest absolute Gasteiger partial charge is 0.361 e. The standard InChI is InChI=1S/C17H21N3O4S/c1-12-5-6-14(18-17(21)11-15-9-13(2)24-19-15)10-16(12)20-7-3-4-8-25(20,22)23/h5-6,9-10H,3-4,7-8,11H2,1-2H3,(H,18,21). The molecule has 0 unspecified atom stereocenters. The molecular formula is C17H21N3O4S. The molecule has 1 saturated heterocycles. The van der Waals surface area contributed by atoms with Crippen molar-refractivity contribution in [1.29, 1.82) is 0 Å². The van der Waals surface area contributed by atoms with E-state index in [1.807, 2.05) is 13.0 Å². The van der Waals surface area contributed by atoms with E-state index in [-0.39, 0.29) is 18.1 Å². The minimum absolute atomic E-state index is 0.0998. The van der Waals surface area contributed by atoms with Gasteiger partial charge < -0.3 is 9.84 Å². The Hall–Kier alpha value is -2.35. The van der Waals surface area contributed by atoms with Crippen LogP contribution >= 0.6 is 0 Å². The lowest BCUT2D eigenvalue weighted by atomic mass is 10.1. The van der Waals surface area contributed by atoms with E-state index in [1.54, 1.807) is 25.1 Å². The fraction of sp³-hybridized carbons (Fsp3) is 0.412. The molecule has 1 amide bonds. The lowest BCUT2D eigenvalue weighted by Crippen LogP contribution is -2.38. The molecule has 8 heteroatoms. The van der Waals surface area contributed by atoms with Crippen molar-refractivity contribution < 1.29 is 17.7 Å². The SMILES string of the molecule is Cc1cc(CC(=O)Nc2ccc(C)c(N3CCCCS3(=O)=O)c2)no1. The summed E-state index contributed by atoms with van der Waals surface area (Å²) < 4.78 is 31.1. The van der Waals surface area contributed by atoms with Crippen molar-refractivity contribution in [1.82, 2.24) is 5.16 Å². The molecule has 1 aliphatic rings. The predicted octanol–water partition coefficient (Wildman–Crippen LogP) is 2.40. The van der Waals surface area contributed by atoms with Crippen molar-refractivity contribution in [3.05, 3.63) is 41.3 Å². The van der Waals surface area contributed by atoms with E-state index < -0.39 is 10.0 Å². The van der Waals surface area contributed by atoms with Gasteiger partial charge in [-0.2, -0.15) is 0 Å². The van der Waals surface area contributed by atoms with Crippen molar-refractivity contribution in [3.8, 4) is 0 Å². The molecule has 0 aliphatic carbocycles. The van der Waals surface area contributed by atoms with Crippen LogP contribution in [0.15, 0.2) is 28.8 Å². The van der Waals surface area contributed by atoms with E-state index in [2.05, 4.69) is 10.5 Å². The smallest absolute Gasteiger partial charge is 0.235 e. The highest BCUT2D eigenvalue weighted by molar-refractivity contribution is 7.92. The number of nitrogens with one attached hydrogen (secondary N) is 1. The number of amides is 1. The number of sulfonamides is 1. The first-order valence-corrected chi connectivity index (χ1v) is 9.79. The number of aromatic nitrogens is 1. The molecular weight excluding hydrogens is 342 g/mol. The molecule has 1 N–H and O–H groups in total. The second kappa shape index (κ2) is 6.87. The first-order chi connectivity index (χ1) is 11.8. The van der Waals surface area contributed by atoms with E-state index in [0.717, 1.165) is 12.0 Å². The summed E-state index contributed by atoms with van der Waals surface area (Å²) in [5.41, 5.74) is 2.60. The molecule has 2 heterocycles. The summed E-state index contributed by atoms with van der Waals surface area (Å²) in [6.07, 6.45) is 1.62. The number of anilines is 2. The molecule has 0 spiro atoms. The van der Waals surface area contributed by atoms with Crippen LogP contribution < -0.4 is 9.62 Å². The van der Waals surface area contributed by atoms with E-state index in [4.69, 9.17) is 4.52 Å². The number of benzene rings is 1. The molecule has 2 aromatic rings. The normalized spacial score (nSPS) is 16.6. The summed E-state index contributed by atoms with van der Waals surface area (Å²) in [7, 11) is -3.29. The van der Waals surface area contributed by atoms with Gasteiger partial charge in [0, 0.05) is 18.3 Å². The van der Waals surface area contributed by atoms with Gasteiger partial charge in [-0.05, 0) is 44.4 Å². The Morgan fingerprint density at radius 3 is 2.76 bits per heavy atom. The van der Waals surface area contributed by atoms with Crippen LogP contribution in [0.3, 0.4) is 0 Å². The predicted molar refractivity (Wildman–Crippen MR) is 95.1 cm³/mol. The maximum Gasteiger partial charge on any atom is 0.235 e. The quantitative estimate of drug-likeness (QED) is 0.900. The molecule has 1 fully saturated rings. The Morgan fingerprint density at radius 1 is 1.28 bits per heavy atom. The minimum Gasteiger partial charge on any atom is -0.361 e. The number of hydrogen-bond acceptors (Lipinski definition) is 5. The lowest BCUT2D eigenvalue weighted by molar-refractivity contribution is -0.115. The van der Waals surface area contributed by atoms with Crippen LogP contribution in [0.25, 0.3) is 0 Å². The molecule has 1 aromatic heterocycles. The van der Waals surface area contributed by atoms with Gasteiger partial charge in [0.15, 0.2) is 0 Å². The molecule has 0 bridgehead atoms. The maximum absolute atomic E-state index is 12.3. The van der Waals surface area contributed by atoms with E-state index in [1.165, 1.54) is 4.31 Å². The molecule has 0 radical (unpaired) electrons. The Labute approximate surface area is 147 Å². The van der Waals surface area contributed by atoms with Crippen LogP contribution in [0.1, 0.15) is 29.9 Å². The fourth-order valence-electron chi connectivity index (χ4n) is 2.89. The third-order valence-electron chi connectivity index (χ3n) is 4.13. The number of nitrogens with zero attached hydrogens (tertiary/aromatic N) is 2. The average Bonchev–Trinajstić information content (AvgIpc) is 2.94. The van der Waals surface area contributed by atoms with Crippen molar-refractivity contribution in [2.75, 3.05) is 21.9 Å². The highest BCUT2D eigenvalue weighted by Gasteiger charge is 2.27. The first-order valence-electron chi connectivity index (χ1n) is 8.18. The minimum atomic E-state index is -3.29. The molecule has 0 saturated carbocycles. The van der Waals surface area contributed by atoms with Crippen LogP contribution in [0.4, 0.5) is 11.4 Å². The van der Waals surface area contributed by atoms with Gasteiger partial charge in [-0.1, -0.05) is 11.2 Å². The number of carbonyl (C=O) groups is 1. The molecule has 134 valence electrons. The first kappa shape index (κ1) is 17.5. The summed E-state index contributed by atoms with van der Waals surface area (Å²) in [5.74, 6) is 0.578. The molecule has 1 aromatic carbocycles. The fourth-order valence-corrected chi connectivity index (χ4v) is 4.58. The number of hydrogen-bond donors (Lipinski definition) is 1. The second-order valence-electron chi connectivity index (χ2n) is 6.25. The zero-order chi connectivity index (χ0) is 18.0. The van der Waals surface area contributed by atoms with Gasteiger partial charge in [0.2, 0.25) is 15.9 Å². The van der Waals surface area contributed by atoms with Crippen LogP contribution in [0.5, 0.6) is 0 Å². The molecule has 25 heavy (non-hydrogen) atoms. The summed E-state index contributed by atoms with van der Waals surface area (Å²) >= 11 is 0. The van der Waals surface area contributed by atoms with E-state index in [9.17, 15) is 13.2 Å². The number of aryl methyl sites for hydroxylation is 2. The van der Waals surface area contributed by atoms with Gasteiger partial charge in [0.05, 0.1) is 23.6 Å². The van der Waals surface area contributed by atoms with Crippen LogP contribution in [0.2, 0.25) is 0 Å². The summed E-state index contributed by atoms with van der Waals surface area (Å²) in [4.78, 5) is 12.2. The third-order valence-corrected chi connectivity index (χ3v) is 5.98. The van der Waals surface area contributed by atoms with Gasteiger partial charge in [0.25, 0.3) is 0 Å². The Bertz CT molecular complexity index is 889. The van der Waals surface area contributed by atoms with Gasteiger partial charge in [0.1, 0.15) is 5.76 Å². The van der Waals surface area contributed by atoms with Crippen LogP contribution in [0, 0.1) is 13.8 Å². The topological polar surface area (TPSA) is 92.5 Å². The van der Waals surface area contributed by atoms with Crippen LogP contribution in [-0.2, 0) is 21.2 Å². The van der Waals surface area contributed by atoms with Crippen LogP contribution in [-0.4, -0.2) is 31.8 Å². The van der Waals surface area contributed by atoms with Crippen molar-refractivity contribution in [3.63, 3.8) is 0 Å². The van der Waals surface area contributed by atoms with Crippen molar-refractivity contribution >= 4 is 27.3 Å². The lowest BCUT2D eigenvalue weighted by Gasteiger charge is -2.29. The van der Waals surface area contributed by atoms with Crippen molar-refractivity contribution in [2.24, 2.45) is 0 Å². The monoisotopic (exact) mass is 363 g/mol. The summed E-state index contributed by atoms with van der Waals surface area (Å²) in [5, 5.41) is 6.59. The Morgan fingerprint density at radius 2 is 2.08 bits per heavy atom. The number of rotatable bonds is 4. The molecule has 3 rings (SSSR count). The Kier molecular flexibility index (Phi) is 4.80. The zero-order valence-corrected chi connectivity index (χ0v) is 15.1. The van der Waals surface area contributed by atoms with Crippen molar-refractivity contribution in [2.45, 2.75) is 33.1 Å². The summed E-state index contributed by atoms with van der Waals surface area (Å²) in [6.45, 7) is 4.10.